The van der Waals surface area contributed by atoms with E-state index in [1.54, 1.807) is 0 Å². The lowest BCUT2D eigenvalue weighted by atomic mass is 9.69. The van der Waals surface area contributed by atoms with Crippen molar-refractivity contribution >= 4 is 0 Å². The van der Waals surface area contributed by atoms with Gasteiger partial charge in [-0.2, -0.15) is 5.26 Å². The van der Waals surface area contributed by atoms with Crippen molar-refractivity contribution in [1.29, 1.82) is 5.26 Å². The first kappa shape index (κ1) is 28.5. The normalized spacial score (nSPS) is 20.2. The molecule has 0 bridgehead atoms. The molecule has 0 radical (unpaired) electrons. The van der Waals surface area contributed by atoms with E-state index in [-0.39, 0.29) is 5.41 Å². The summed E-state index contributed by atoms with van der Waals surface area (Å²) in [6.45, 7) is 7.20. The summed E-state index contributed by atoms with van der Waals surface area (Å²) in [5.41, 5.74) is 7.36. The number of rotatable bonds is 6. The molecule has 4 aromatic carbocycles. The van der Waals surface area contributed by atoms with Gasteiger partial charge in [-0.1, -0.05) is 125 Å². The minimum Gasteiger partial charge on any atom is -0.208 e. The van der Waals surface area contributed by atoms with Crippen LogP contribution in [-0.4, -0.2) is 15.0 Å². The molecule has 0 N–H and O–H groups in total. The van der Waals surface area contributed by atoms with Crippen LogP contribution in [0.4, 0.5) is 0 Å². The summed E-state index contributed by atoms with van der Waals surface area (Å²) in [5, 5.41) is 9.13. The second-order valence-corrected chi connectivity index (χ2v) is 12.3. The van der Waals surface area contributed by atoms with Crippen LogP contribution >= 0.6 is 0 Å². The second kappa shape index (κ2) is 12.3. The Labute approximate surface area is 255 Å². The molecule has 0 amide bonds. The van der Waals surface area contributed by atoms with Gasteiger partial charge in [0, 0.05) is 16.7 Å². The lowest BCUT2D eigenvalue weighted by Gasteiger charge is -2.35. The van der Waals surface area contributed by atoms with Gasteiger partial charge in [-0.25, -0.2) is 15.0 Å². The standard InChI is InChI=1S/C39H38N4/c1-4-39(24-27(2)10-11-28(3)25-39)35-22-20-34(21-23-35)38-42-36(32-8-6-5-7-9-32)41-37(43-38)33-18-16-31(17-19-33)30-14-12-29(26-40)13-15-30/h5-9,12-23,27-28H,4,10-11,24-25H2,1-3H3/t27-,28+,39?. The fourth-order valence-corrected chi connectivity index (χ4v) is 6.79. The van der Waals surface area contributed by atoms with Crippen molar-refractivity contribution in [3.8, 4) is 51.4 Å². The fourth-order valence-electron chi connectivity index (χ4n) is 6.79. The molecule has 1 heterocycles. The van der Waals surface area contributed by atoms with E-state index < -0.39 is 0 Å². The molecular weight excluding hydrogens is 524 g/mol. The van der Waals surface area contributed by atoms with E-state index >= 15 is 0 Å². The van der Waals surface area contributed by atoms with E-state index in [1.165, 1.54) is 31.2 Å². The van der Waals surface area contributed by atoms with E-state index in [0.717, 1.165) is 46.1 Å². The van der Waals surface area contributed by atoms with E-state index in [0.29, 0.717) is 23.0 Å². The average molecular weight is 563 g/mol. The first-order valence-electron chi connectivity index (χ1n) is 15.5. The summed E-state index contributed by atoms with van der Waals surface area (Å²) in [4.78, 5) is 14.8. The molecular formula is C39H38N4. The van der Waals surface area contributed by atoms with Gasteiger partial charge >= 0.3 is 0 Å². The molecule has 0 spiro atoms. The third-order valence-corrected chi connectivity index (χ3v) is 9.22. The highest BCUT2D eigenvalue weighted by Crippen LogP contribution is 2.45. The lowest BCUT2D eigenvalue weighted by Crippen LogP contribution is -2.28. The monoisotopic (exact) mass is 562 g/mol. The summed E-state index contributed by atoms with van der Waals surface area (Å²) in [6, 6.07) is 37.3. The lowest BCUT2D eigenvalue weighted by molar-refractivity contribution is 0.295. The number of hydrogen-bond donors (Lipinski definition) is 0. The predicted molar refractivity (Wildman–Crippen MR) is 175 cm³/mol. The minimum atomic E-state index is 0.226. The fraction of sp³-hybridized carbons (Fsp3) is 0.282. The summed E-state index contributed by atoms with van der Waals surface area (Å²) < 4.78 is 0. The Morgan fingerprint density at radius 1 is 0.605 bits per heavy atom. The van der Waals surface area contributed by atoms with Gasteiger partial charge < -0.3 is 0 Å². The molecule has 214 valence electrons. The van der Waals surface area contributed by atoms with E-state index in [2.05, 4.69) is 75.4 Å². The zero-order valence-corrected chi connectivity index (χ0v) is 25.3. The third-order valence-electron chi connectivity index (χ3n) is 9.22. The topological polar surface area (TPSA) is 62.5 Å². The van der Waals surface area contributed by atoms with Crippen LogP contribution in [0.2, 0.25) is 0 Å². The van der Waals surface area contributed by atoms with Crippen LogP contribution in [-0.2, 0) is 5.41 Å². The molecule has 6 rings (SSSR count). The molecule has 4 heteroatoms. The minimum absolute atomic E-state index is 0.226. The molecule has 0 aliphatic heterocycles. The number of aromatic nitrogens is 3. The maximum Gasteiger partial charge on any atom is 0.164 e. The molecule has 1 fully saturated rings. The SMILES string of the molecule is CCC1(c2ccc(-c3nc(-c4ccccc4)nc(-c4ccc(-c5ccc(C#N)cc5)cc4)n3)cc2)C[C@H](C)CC[C@H](C)C1. The smallest absolute Gasteiger partial charge is 0.164 e. The molecule has 1 aliphatic carbocycles. The van der Waals surface area contributed by atoms with Crippen LogP contribution in [0, 0.1) is 23.2 Å². The highest BCUT2D eigenvalue weighted by Gasteiger charge is 2.36. The molecule has 1 unspecified atom stereocenters. The predicted octanol–water partition coefficient (Wildman–Crippen LogP) is 9.91. The Hall–Kier alpha value is -4.62. The van der Waals surface area contributed by atoms with Gasteiger partial charge in [-0.3, -0.25) is 0 Å². The van der Waals surface area contributed by atoms with Gasteiger partial charge in [0.05, 0.1) is 11.6 Å². The average Bonchev–Trinajstić information content (AvgIpc) is 3.23. The van der Waals surface area contributed by atoms with Crippen LogP contribution in [0.5, 0.6) is 0 Å². The van der Waals surface area contributed by atoms with Gasteiger partial charge in [-0.05, 0) is 65.3 Å². The van der Waals surface area contributed by atoms with Gasteiger partial charge in [0.2, 0.25) is 0 Å². The third kappa shape index (κ3) is 6.13. The van der Waals surface area contributed by atoms with Gasteiger partial charge in [0.1, 0.15) is 0 Å². The first-order chi connectivity index (χ1) is 21.0. The molecule has 1 aromatic heterocycles. The van der Waals surface area contributed by atoms with E-state index in [1.807, 2.05) is 54.6 Å². The second-order valence-electron chi connectivity index (χ2n) is 12.3. The Balaban J connectivity index is 1.37. The van der Waals surface area contributed by atoms with Gasteiger partial charge in [0.25, 0.3) is 0 Å². The van der Waals surface area contributed by atoms with Crippen molar-refractivity contribution in [3.63, 3.8) is 0 Å². The molecule has 4 nitrogen and oxygen atoms in total. The van der Waals surface area contributed by atoms with Crippen molar-refractivity contribution in [1.82, 2.24) is 15.0 Å². The first-order valence-corrected chi connectivity index (χ1v) is 15.5. The molecule has 0 saturated heterocycles. The van der Waals surface area contributed by atoms with Gasteiger partial charge in [-0.15, -0.1) is 0 Å². The Kier molecular flexibility index (Phi) is 8.16. The van der Waals surface area contributed by atoms with Crippen LogP contribution in [0.1, 0.15) is 64.0 Å². The number of benzene rings is 4. The summed E-state index contributed by atoms with van der Waals surface area (Å²) in [6.07, 6.45) is 6.31. The van der Waals surface area contributed by atoms with Crippen molar-refractivity contribution < 1.29 is 0 Å². The van der Waals surface area contributed by atoms with Crippen LogP contribution in [0.3, 0.4) is 0 Å². The molecule has 3 atom stereocenters. The zero-order chi connectivity index (χ0) is 29.8. The van der Waals surface area contributed by atoms with Crippen molar-refractivity contribution in [2.24, 2.45) is 11.8 Å². The summed E-state index contributed by atoms with van der Waals surface area (Å²) in [5.74, 6) is 3.48. The van der Waals surface area contributed by atoms with Crippen molar-refractivity contribution in [2.45, 2.75) is 58.3 Å². The van der Waals surface area contributed by atoms with Crippen LogP contribution in [0.25, 0.3) is 45.3 Å². The molecule has 5 aromatic rings. The maximum atomic E-state index is 9.13. The number of nitriles is 1. The van der Waals surface area contributed by atoms with Crippen molar-refractivity contribution in [3.05, 3.63) is 114 Å². The van der Waals surface area contributed by atoms with Crippen molar-refractivity contribution in [2.75, 3.05) is 0 Å². The summed E-state index contributed by atoms with van der Waals surface area (Å²) >= 11 is 0. The molecule has 43 heavy (non-hydrogen) atoms. The number of hydrogen-bond acceptors (Lipinski definition) is 4. The highest BCUT2D eigenvalue weighted by molar-refractivity contribution is 5.70. The summed E-state index contributed by atoms with van der Waals surface area (Å²) in [7, 11) is 0. The van der Waals surface area contributed by atoms with Gasteiger partial charge in [0.15, 0.2) is 17.5 Å². The Bertz CT molecular complexity index is 1700. The molecule has 1 saturated carbocycles. The Morgan fingerprint density at radius 3 is 1.49 bits per heavy atom. The highest BCUT2D eigenvalue weighted by atomic mass is 15.0. The quantitative estimate of drug-likeness (QED) is 0.193. The Morgan fingerprint density at radius 2 is 1.02 bits per heavy atom. The molecule has 1 aliphatic rings. The van der Waals surface area contributed by atoms with E-state index in [4.69, 9.17) is 20.2 Å². The van der Waals surface area contributed by atoms with E-state index in [9.17, 15) is 0 Å². The maximum absolute atomic E-state index is 9.13. The van der Waals surface area contributed by atoms with Crippen LogP contribution in [0.15, 0.2) is 103 Å². The number of nitrogens with zero attached hydrogens (tertiary/aromatic N) is 4. The largest absolute Gasteiger partial charge is 0.208 e. The zero-order valence-electron chi connectivity index (χ0n) is 25.3. The van der Waals surface area contributed by atoms with Crippen LogP contribution < -0.4 is 0 Å².